The van der Waals surface area contributed by atoms with Crippen LogP contribution >= 0.6 is 27.5 Å². The van der Waals surface area contributed by atoms with Crippen LogP contribution in [0, 0.1) is 6.92 Å². The minimum Gasteiger partial charge on any atom is -0.496 e. The fourth-order valence-corrected chi connectivity index (χ4v) is 3.05. The molecule has 0 bridgehead atoms. The summed E-state index contributed by atoms with van der Waals surface area (Å²) < 4.78 is 6.14. The molecule has 0 saturated heterocycles. The number of nitrogens with one attached hydrogen (secondary N) is 1. The van der Waals surface area contributed by atoms with Gasteiger partial charge in [0.1, 0.15) is 11.8 Å². The lowest BCUT2D eigenvalue weighted by Gasteiger charge is -2.13. The lowest BCUT2D eigenvalue weighted by atomic mass is 10.1. The quantitative estimate of drug-likeness (QED) is 0.760. The third kappa shape index (κ3) is 4.97. The molecule has 0 aliphatic rings. The molecule has 0 aromatic heterocycles. The van der Waals surface area contributed by atoms with E-state index in [-0.39, 0.29) is 11.9 Å². The average molecular weight is 413 g/mol. The Bertz CT molecular complexity index is 737. The Kier molecular flexibility index (Phi) is 6.66. The first-order valence-corrected chi connectivity index (χ1v) is 8.80. The molecule has 6 heteroatoms. The van der Waals surface area contributed by atoms with Crippen molar-refractivity contribution in [3.8, 4) is 5.75 Å². The molecule has 2 aromatic carbocycles. The molecule has 2 aromatic rings. The molecule has 0 radical (unpaired) electrons. The van der Waals surface area contributed by atoms with Crippen molar-refractivity contribution in [2.75, 3.05) is 19.0 Å². The van der Waals surface area contributed by atoms with Crippen molar-refractivity contribution in [1.82, 2.24) is 0 Å². The second kappa shape index (κ2) is 8.51. The zero-order valence-corrected chi connectivity index (χ0v) is 16.2. The molecule has 128 valence electrons. The first kappa shape index (κ1) is 18.8. The van der Waals surface area contributed by atoms with E-state index in [1.807, 2.05) is 42.6 Å². The zero-order valence-electron chi connectivity index (χ0n) is 13.9. The summed E-state index contributed by atoms with van der Waals surface area (Å²) in [6.45, 7) is 4.33. The summed E-state index contributed by atoms with van der Waals surface area (Å²) >= 11 is 9.46. The van der Waals surface area contributed by atoms with Crippen molar-refractivity contribution in [2.24, 2.45) is 0 Å². The van der Waals surface area contributed by atoms with Crippen LogP contribution in [0.5, 0.6) is 5.75 Å². The number of quaternary nitrogens is 1. The van der Waals surface area contributed by atoms with Gasteiger partial charge in [0.05, 0.1) is 11.6 Å². The summed E-state index contributed by atoms with van der Waals surface area (Å²) in [5.41, 5.74) is 2.86. The maximum Gasteiger partial charge on any atom is 0.279 e. The summed E-state index contributed by atoms with van der Waals surface area (Å²) in [6.07, 6.45) is 0. The van der Waals surface area contributed by atoms with Gasteiger partial charge in [0.2, 0.25) is 0 Å². The standard InChI is InChI=1S/C18H20BrClN2O2/c1-11-4-6-14(20)9-16(11)22-18(23)10-21-12(2)13-5-7-17(24-3)15(19)8-13/h4-9,12,21H,10H2,1-3H3,(H,22,23)/p+1/t12-/m0/s1. The number of carbonyl (C=O) groups excluding carboxylic acids is 1. The van der Waals surface area contributed by atoms with Gasteiger partial charge in [0, 0.05) is 16.3 Å². The second-order valence-electron chi connectivity index (χ2n) is 5.63. The number of nitrogens with two attached hydrogens (primary N) is 1. The summed E-state index contributed by atoms with van der Waals surface area (Å²) in [6, 6.07) is 11.5. The molecule has 0 aliphatic heterocycles. The van der Waals surface area contributed by atoms with Crippen LogP contribution in [0.1, 0.15) is 24.1 Å². The van der Waals surface area contributed by atoms with Gasteiger partial charge in [0.25, 0.3) is 5.91 Å². The molecule has 0 unspecified atom stereocenters. The molecule has 0 spiro atoms. The van der Waals surface area contributed by atoms with Crippen LogP contribution in [0.25, 0.3) is 0 Å². The molecule has 24 heavy (non-hydrogen) atoms. The number of anilines is 1. The van der Waals surface area contributed by atoms with E-state index >= 15 is 0 Å². The Balaban J connectivity index is 1.93. The summed E-state index contributed by atoms with van der Waals surface area (Å²) in [5, 5.41) is 5.50. The number of benzene rings is 2. The van der Waals surface area contributed by atoms with Crippen LogP contribution < -0.4 is 15.4 Å². The Morgan fingerprint density at radius 2 is 2.08 bits per heavy atom. The maximum absolute atomic E-state index is 12.2. The van der Waals surface area contributed by atoms with E-state index < -0.39 is 0 Å². The highest BCUT2D eigenvalue weighted by molar-refractivity contribution is 9.10. The minimum atomic E-state index is -0.0557. The third-order valence-electron chi connectivity index (χ3n) is 3.83. The van der Waals surface area contributed by atoms with Crippen LogP contribution in [-0.4, -0.2) is 19.6 Å². The van der Waals surface area contributed by atoms with Gasteiger partial charge in [-0.3, -0.25) is 4.79 Å². The normalized spacial score (nSPS) is 11.9. The summed E-state index contributed by atoms with van der Waals surface area (Å²) in [7, 11) is 1.64. The van der Waals surface area contributed by atoms with Gasteiger partial charge in [-0.05, 0) is 65.7 Å². The van der Waals surface area contributed by atoms with Crippen molar-refractivity contribution < 1.29 is 14.8 Å². The van der Waals surface area contributed by atoms with Crippen LogP contribution in [-0.2, 0) is 4.79 Å². The second-order valence-corrected chi connectivity index (χ2v) is 6.92. The third-order valence-corrected chi connectivity index (χ3v) is 4.69. The van der Waals surface area contributed by atoms with E-state index in [0.717, 1.165) is 27.0 Å². The highest BCUT2D eigenvalue weighted by Crippen LogP contribution is 2.27. The topological polar surface area (TPSA) is 54.9 Å². The van der Waals surface area contributed by atoms with Crippen LogP contribution in [0.4, 0.5) is 5.69 Å². The molecule has 3 N–H and O–H groups in total. The van der Waals surface area contributed by atoms with Gasteiger partial charge in [-0.25, -0.2) is 0 Å². The number of aryl methyl sites for hydroxylation is 1. The number of amides is 1. The Morgan fingerprint density at radius 1 is 1.33 bits per heavy atom. The van der Waals surface area contributed by atoms with Crippen LogP contribution in [0.2, 0.25) is 5.02 Å². The highest BCUT2D eigenvalue weighted by Gasteiger charge is 2.14. The van der Waals surface area contributed by atoms with E-state index in [4.69, 9.17) is 16.3 Å². The van der Waals surface area contributed by atoms with Gasteiger partial charge >= 0.3 is 0 Å². The Labute approximate surface area is 155 Å². The van der Waals surface area contributed by atoms with Gasteiger partial charge in [0.15, 0.2) is 6.54 Å². The van der Waals surface area contributed by atoms with Crippen molar-refractivity contribution in [3.63, 3.8) is 0 Å². The van der Waals surface area contributed by atoms with E-state index in [1.54, 1.807) is 13.2 Å². The van der Waals surface area contributed by atoms with Crippen LogP contribution in [0.3, 0.4) is 0 Å². The van der Waals surface area contributed by atoms with Crippen molar-refractivity contribution >= 4 is 39.1 Å². The van der Waals surface area contributed by atoms with Crippen molar-refractivity contribution in [3.05, 3.63) is 57.0 Å². The van der Waals surface area contributed by atoms with E-state index in [1.165, 1.54) is 0 Å². The molecule has 4 nitrogen and oxygen atoms in total. The van der Waals surface area contributed by atoms with Gasteiger partial charge < -0.3 is 15.4 Å². The highest BCUT2D eigenvalue weighted by atomic mass is 79.9. The predicted octanol–water partition coefficient (Wildman–Crippen LogP) is 3.68. The van der Waals surface area contributed by atoms with Crippen molar-refractivity contribution in [1.29, 1.82) is 0 Å². The number of methoxy groups -OCH3 is 1. The first-order valence-electron chi connectivity index (χ1n) is 7.63. The Hall–Kier alpha value is -1.56. The molecule has 0 heterocycles. The zero-order chi connectivity index (χ0) is 17.7. The molecule has 0 aliphatic carbocycles. The van der Waals surface area contributed by atoms with Crippen molar-refractivity contribution in [2.45, 2.75) is 19.9 Å². The SMILES string of the molecule is COc1ccc([C@H](C)[NH2+]CC(=O)Nc2cc(Cl)ccc2C)cc1Br. The Morgan fingerprint density at radius 3 is 2.75 bits per heavy atom. The van der Waals surface area contributed by atoms with Crippen LogP contribution in [0.15, 0.2) is 40.9 Å². The van der Waals surface area contributed by atoms with Gasteiger partial charge in [-0.15, -0.1) is 0 Å². The molecule has 0 saturated carbocycles. The maximum atomic E-state index is 12.2. The smallest absolute Gasteiger partial charge is 0.279 e. The lowest BCUT2D eigenvalue weighted by Crippen LogP contribution is -2.86. The number of rotatable bonds is 6. The number of hydrogen-bond donors (Lipinski definition) is 2. The molecule has 2 rings (SSSR count). The number of ether oxygens (including phenoxy) is 1. The number of carbonyl (C=O) groups is 1. The summed E-state index contributed by atoms with van der Waals surface area (Å²) in [5.74, 6) is 0.736. The number of hydrogen-bond acceptors (Lipinski definition) is 2. The van der Waals surface area contributed by atoms with E-state index in [2.05, 4.69) is 28.2 Å². The monoisotopic (exact) mass is 411 g/mol. The minimum absolute atomic E-state index is 0.0557. The molecular weight excluding hydrogens is 392 g/mol. The molecule has 1 amide bonds. The first-order chi connectivity index (χ1) is 11.4. The van der Waals surface area contributed by atoms with E-state index in [0.29, 0.717) is 11.6 Å². The molecular formula is C18H21BrClN2O2+. The van der Waals surface area contributed by atoms with Gasteiger partial charge in [-0.1, -0.05) is 17.7 Å². The fraction of sp³-hybridized carbons (Fsp3) is 0.278. The predicted molar refractivity (Wildman–Crippen MR) is 101 cm³/mol. The molecule has 1 atom stereocenters. The average Bonchev–Trinajstić information content (AvgIpc) is 2.56. The largest absolute Gasteiger partial charge is 0.496 e. The van der Waals surface area contributed by atoms with E-state index in [9.17, 15) is 4.79 Å². The summed E-state index contributed by atoms with van der Waals surface area (Å²) in [4.78, 5) is 12.2. The van der Waals surface area contributed by atoms with Gasteiger partial charge in [-0.2, -0.15) is 0 Å². The molecule has 0 fully saturated rings. The lowest BCUT2D eigenvalue weighted by molar-refractivity contribution is -0.682. The fourth-order valence-electron chi connectivity index (χ4n) is 2.32. The number of halogens is 2.